The largest absolute Gasteiger partial charge is 0.493 e. The smallest absolute Gasteiger partial charge is 0.312 e. The number of rotatable bonds is 7. The van der Waals surface area contributed by atoms with Gasteiger partial charge in [0.15, 0.2) is 0 Å². The molecule has 4 rings (SSSR count). The number of hydrogen-bond donors (Lipinski definition) is 0. The van der Waals surface area contributed by atoms with Gasteiger partial charge < -0.3 is 9.47 Å². The van der Waals surface area contributed by atoms with E-state index in [0.717, 1.165) is 57.1 Å². The quantitative estimate of drug-likeness (QED) is 0.235. The molecule has 0 saturated heterocycles. The predicted octanol–water partition coefficient (Wildman–Crippen LogP) is 5.83. The molecule has 0 bridgehead atoms. The van der Waals surface area contributed by atoms with Gasteiger partial charge in [-0.2, -0.15) is 0 Å². The van der Waals surface area contributed by atoms with Gasteiger partial charge in [-0.15, -0.1) is 11.6 Å². The maximum atomic E-state index is 12.6. The second-order valence-electron chi connectivity index (χ2n) is 9.44. The SMILES string of the molecule is CCCCOc1cc2c(c(OC(=O)CCCl)c1)[C@H]1CC[C@]3(C)C(=O)CC[C@H]3[C@@H]1CC2. The van der Waals surface area contributed by atoms with Crippen molar-refractivity contribution >= 4 is 23.4 Å². The standard InChI is InChI=1S/C25H33ClO4/c1-3-4-13-29-17-14-16-5-6-18-19(9-11-25(2)20(18)7-8-22(25)27)24(16)21(15-17)30-23(28)10-12-26/h14-15,18-20H,3-13H2,1-2H3/t18-,19+,20+,25+/m1/s1. The summed E-state index contributed by atoms with van der Waals surface area (Å²) in [6, 6.07) is 4.05. The zero-order chi connectivity index (χ0) is 21.3. The van der Waals surface area contributed by atoms with Crippen molar-refractivity contribution in [3.8, 4) is 11.5 Å². The fourth-order valence-electron chi connectivity index (χ4n) is 6.18. The summed E-state index contributed by atoms with van der Waals surface area (Å²) in [4.78, 5) is 24.9. The van der Waals surface area contributed by atoms with Gasteiger partial charge in [-0.3, -0.25) is 9.59 Å². The topological polar surface area (TPSA) is 52.6 Å². The van der Waals surface area contributed by atoms with Gasteiger partial charge in [-0.1, -0.05) is 20.3 Å². The lowest BCUT2D eigenvalue weighted by Gasteiger charge is -2.48. The summed E-state index contributed by atoms with van der Waals surface area (Å²) in [6.07, 6.45) is 7.95. The first-order valence-corrected chi connectivity index (χ1v) is 12.1. The third-order valence-electron chi connectivity index (χ3n) is 7.75. The summed E-state index contributed by atoms with van der Waals surface area (Å²) in [5.41, 5.74) is 2.27. The van der Waals surface area contributed by atoms with E-state index in [2.05, 4.69) is 19.9 Å². The zero-order valence-electron chi connectivity index (χ0n) is 18.2. The summed E-state index contributed by atoms with van der Waals surface area (Å²) in [6.45, 7) is 4.99. The predicted molar refractivity (Wildman–Crippen MR) is 117 cm³/mol. The van der Waals surface area contributed by atoms with Gasteiger partial charge in [-0.05, 0) is 67.9 Å². The van der Waals surface area contributed by atoms with E-state index in [9.17, 15) is 9.59 Å². The molecule has 1 aromatic carbocycles. The van der Waals surface area contributed by atoms with Crippen LogP contribution in [0.15, 0.2) is 12.1 Å². The van der Waals surface area contributed by atoms with Crippen molar-refractivity contribution in [1.82, 2.24) is 0 Å². The number of halogens is 1. The summed E-state index contributed by atoms with van der Waals surface area (Å²) in [5, 5.41) is 0. The minimum atomic E-state index is -0.295. The van der Waals surface area contributed by atoms with Gasteiger partial charge >= 0.3 is 5.97 Å². The number of fused-ring (bicyclic) bond motifs is 5. The van der Waals surface area contributed by atoms with Gasteiger partial charge in [0.1, 0.15) is 17.3 Å². The van der Waals surface area contributed by atoms with Crippen molar-refractivity contribution in [3.05, 3.63) is 23.3 Å². The number of benzene rings is 1. The lowest BCUT2D eigenvalue weighted by Crippen LogP contribution is -2.42. The summed E-state index contributed by atoms with van der Waals surface area (Å²) < 4.78 is 11.8. The Morgan fingerprint density at radius 1 is 1.23 bits per heavy atom. The van der Waals surface area contributed by atoms with Crippen LogP contribution in [-0.2, 0) is 16.0 Å². The Hall–Kier alpha value is -1.55. The fourth-order valence-corrected chi connectivity index (χ4v) is 6.33. The van der Waals surface area contributed by atoms with Gasteiger partial charge in [-0.25, -0.2) is 0 Å². The first kappa shape index (κ1) is 21.7. The molecule has 0 amide bonds. The first-order chi connectivity index (χ1) is 14.5. The first-order valence-electron chi connectivity index (χ1n) is 11.6. The van der Waals surface area contributed by atoms with E-state index in [1.165, 1.54) is 11.1 Å². The van der Waals surface area contributed by atoms with Gasteiger partial charge in [0.05, 0.1) is 13.0 Å². The number of unbranched alkanes of at least 4 members (excludes halogenated alkanes) is 1. The number of carbonyl (C=O) groups excluding carboxylic acids is 2. The molecule has 3 aliphatic carbocycles. The molecular formula is C25H33ClO4. The molecule has 30 heavy (non-hydrogen) atoms. The van der Waals surface area contributed by atoms with Crippen LogP contribution in [0, 0.1) is 17.3 Å². The minimum absolute atomic E-state index is 0.155. The second-order valence-corrected chi connectivity index (χ2v) is 9.82. The number of ketones is 1. The van der Waals surface area contributed by atoms with Crippen molar-refractivity contribution in [3.63, 3.8) is 0 Å². The Kier molecular flexibility index (Phi) is 6.43. The highest BCUT2D eigenvalue weighted by Crippen LogP contribution is 2.60. The Morgan fingerprint density at radius 3 is 2.83 bits per heavy atom. The van der Waals surface area contributed by atoms with Crippen LogP contribution in [-0.4, -0.2) is 24.2 Å². The van der Waals surface area contributed by atoms with E-state index in [-0.39, 0.29) is 23.7 Å². The molecule has 2 saturated carbocycles. The fraction of sp³-hybridized carbons (Fsp3) is 0.680. The number of alkyl halides is 1. The van der Waals surface area contributed by atoms with Crippen LogP contribution in [0.2, 0.25) is 0 Å². The number of aryl methyl sites for hydroxylation is 1. The van der Waals surface area contributed by atoms with Gasteiger partial charge in [0.2, 0.25) is 0 Å². The highest BCUT2D eigenvalue weighted by molar-refractivity contribution is 6.18. The number of hydrogen-bond acceptors (Lipinski definition) is 4. The van der Waals surface area contributed by atoms with Crippen molar-refractivity contribution in [2.45, 2.75) is 77.6 Å². The molecule has 4 nitrogen and oxygen atoms in total. The molecule has 5 heteroatoms. The number of carbonyl (C=O) groups is 2. The van der Waals surface area contributed by atoms with Crippen molar-refractivity contribution in [2.24, 2.45) is 17.3 Å². The summed E-state index contributed by atoms with van der Waals surface area (Å²) in [5.74, 6) is 3.12. The lowest BCUT2D eigenvalue weighted by atomic mass is 9.55. The van der Waals surface area contributed by atoms with E-state index in [1.807, 2.05) is 6.07 Å². The van der Waals surface area contributed by atoms with Crippen LogP contribution >= 0.6 is 11.6 Å². The minimum Gasteiger partial charge on any atom is -0.493 e. The number of Topliss-reactive ketones (excluding diaryl/α,β-unsaturated/α-hetero) is 1. The van der Waals surface area contributed by atoms with E-state index in [4.69, 9.17) is 21.1 Å². The molecule has 0 aliphatic heterocycles. The molecule has 0 aromatic heterocycles. The molecule has 0 unspecified atom stereocenters. The maximum absolute atomic E-state index is 12.6. The molecule has 0 spiro atoms. The molecule has 0 heterocycles. The van der Waals surface area contributed by atoms with Crippen molar-refractivity contribution < 1.29 is 19.1 Å². The Morgan fingerprint density at radius 2 is 2.07 bits per heavy atom. The normalized spacial score (nSPS) is 29.7. The summed E-state index contributed by atoms with van der Waals surface area (Å²) in [7, 11) is 0. The molecule has 1 aromatic rings. The Balaban J connectivity index is 1.67. The van der Waals surface area contributed by atoms with Gasteiger partial charge in [0, 0.05) is 29.3 Å². The van der Waals surface area contributed by atoms with E-state index in [0.29, 0.717) is 35.9 Å². The second kappa shape index (κ2) is 8.90. The van der Waals surface area contributed by atoms with Crippen LogP contribution in [0.5, 0.6) is 11.5 Å². The highest BCUT2D eigenvalue weighted by atomic mass is 35.5. The third kappa shape index (κ3) is 3.88. The van der Waals surface area contributed by atoms with Crippen molar-refractivity contribution in [2.75, 3.05) is 12.5 Å². The molecule has 4 atom stereocenters. The average molecular weight is 433 g/mol. The third-order valence-corrected chi connectivity index (χ3v) is 7.94. The number of esters is 1. The van der Waals surface area contributed by atoms with Crippen LogP contribution in [0.25, 0.3) is 0 Å². The Labute approximate surface area is 184 Å². The van der Waals surface area contributed by atoms with Crippen LogP contribution in [0.4, 0.5) is 0 Å². The molecule has 0 radical (unpaired) electrons. The summed E-state index contributed by atoms with van der Waals surface area (Å²) >= 11 is 5.76. The molecule has 164 valence electrons. The van der Waals surface area contributed by atoms with Crippen LogP contribution < -0.4 is 9.47 Å². The average Bonchev–Trinajstić information content (AvgIpc) is 3.03. The van der Waals surface area contributed by atoms with Crippen LogP contribution in [0.3, 0.4) is 0 Å². The Bertz CT molecular complexity index is 820. The molecule has 0 N–H and O–H groups in total. The lowest BCUT2D eigenvalue weighted by molar-refractivity contribution is -0.134. The van der Waals surface area contributed by atoms with E-state index in [1.54, 1.807) is 0 Å². The van der Waals surface area contributed by atoms with Crippen LogP contribution in [0.1, 0.15) is 82.3 Å². The van der Waals surface area contributed by atoms with Gasteiger partial charge in [0.25, 0.3) is 0 Å². The maximum Gasteiger partial charge on any atom is 0.312 e. The molecular weight excluding hydrogens is 400 g/mol. The monoisotopic (exact) mass is 432 g/mol. The van der Waals surface area contributed by atoms with E-state index < -0.39 is 0 Å². The van der Waals surface area contributed by atoms with E-state index >= 15 is 0 Å². The zero-order valence-corrected chi connectivity index (χ0v) is 18.9. The highest BCUT2D eigenvalue weighted by Gasteiger charge is 2.55. The molecule has 2 fully saturated rings. The molecule has 3 aliphatic rings. The van der Waals surface area contributed by atoms with Crippen molar-refractivity contribution in [1.29, 1.82) is 0 Å². The number of ether oxygens (including phenoxy) is 2.